The van der Waals surface area contributed by atoms with Crippen molar-refractivity contribution in [1.29, 1.82) is 0 Å². The second-order valence-electron chi connectivity index (χ2n) is 4.00. The molecule has 2 aromatic heterocycles. The van der Waals surface area contributed by atoms with E-state index < -0.39 is 0 Å². The zero-order chi connectivity index (χ0) is 12.3. The van der Waals surface area contributed by atoms with Crippen LogP contribution >= 0.6 is 11.3 Å². The van der Waals surface area contributed by atoms with Crippen LogP contribution in [-0.4, -0.2) is 16.5 Å². The predicted molar refractivity (Wildman–Crippen MR) is 73.6 cm³/mol. The normalized spacial score (nSPS) is 10.5. The van der Waals surface area contributed by atoms with Crippen LogP contribution in [0.5, 0.6) is 0 Å². The first-order chi connectivity index (χ1) is 8.20. The molecule has 0 saturated carbocycles. The lowest BCUT2D eigenvalue weighted by atomic mass is 10.2. The van der Waals surface area contributed by atoms with Gasteiger partial charge in [0.15, 0.2) is 0 Å². The van der Waals surface area contributed by atoms with Gasteiger partial charge < -0.3 is 5.32 Å². The average molecular weight is 247 g/mol. The van der Waals surface area contributed by atoms with Crippen LogP contribution in [0.4, 0.5) is 5.82 Å². The van der Waals surface area contributed by atoms with Crippen molar-refractivity contribution in [3.8, 4) is 11.3 Å². The van der Waals surface area contributed by atoms with Gasteiger partial charge >= 0.3 is 0 Å². The molecule has 17 heavy (non-hydrogen) atoms. The van der Waals surface area contributed by atoms with Gasteiger partial charge in [0, 0.05) is 23.1 Å². The van der Waals surface area contributed by atoms with Gasteiger partial charge in [-0.05, 0) is 31.7 Å². The van der Waals surface area contributed by atoms with E-state index in [0.29, 0.717) is 0 Å². The van der Waals surface area contributed by atoms with Gasteiger partial charge in [-0.3, -0.25) is 0 Å². The van der Waals surface area contributed by atoms with Crippen molar-refractivity contribution in [3.63, 3.8) is 0 Å². The third-order valence-corrected chi connectivity index (χ3v) is 3.37. The molecule has 90 valence electrons. The Balaban J connectivity index is 2.35. The van der Waals surface area contributed by atoms with Crippen LogP contribution < -0.4 is 5.32 Å². The summed E-state index contributed by atoms with van der Waals surface area (Å²) in [7, 11) is 0. The highest BCUT2D eigenvalue weighted by Gasteiger charge is 2.07. The van der Waals surface area contributed by atoms with E-state index in [-0.39, 0.29) is 0 Å². The molecule has 0 spiro atoms. The molecule has 0 atom stereocenters. The third-order valence-electron chi connectivity index (χ3n) is 2.53. The van der Waals surface area contributed by atoms with Gasteiger partial charge in [-0.15, -0.1) is 11.3 Å². The summed E-state index contributed by atoms with van der Waals surface area (Å²) in [6.45, 7) is 7.14. The maximum atomic E-state index is 4.50. The first-order valence-corrected chi connectivity index (χ1v) is 6.72. The topological polar surface area (TPSA) is 37.8 Å². The first-order valence-electron chi connectivity index (χ1n) is 5.84. The summed E-state index contributed by atoms with van der Waals surface area (Å²) in [5, 5.41) is 5.41. The fourth-order valence-corrected chi connectivity index (χ4v) is 2.41. The van der Waals surface area contributed by atoms with Crippen molar-refractivity contribution in [3.05, 3.63) is 28.2 Å². The Hall–Kier alpha value is -1.42. The number of hydrogen-bond acceptors (Lipinski definition) is 4. The van der Waals surface area contributed by atoms with E-state index in [1.165, 1.54) is 10.4 Å². The number of anilines is 1. The fourth-order valence-electron chi connectivity index (χ4n) is 1.70. The number of nitrogens with zero attached hydrogens (tertiary/aromatic N) is 2. The summed E-state index contributed by atoms with van der Waals surface area (Å²) in [6.07, 6.45) is 1.09. The highest BCUT2D eigenvalue weighted by molar-refractivity contribution is 7.10. The lowest BCUT2D eigenvalue weighted by molar-refractivity contribution is 0.955. The van der Waals surface area contributed by atoms with Gasteiger partial charge in [0.2, 0.25) is 0 Å². The van der Waals surface area contributed by atoms with Crippen LogP contribution in [0.15, 0.2) is 17.5 Å². The van der Waals surface area contributed by atoms with Crippen LogP contribution in [0.1, 0.15) is 24.0 Å². The molecule has 0 unspecified atom stereocenters. The summed E-state index contributed by atoms with van der Waals surface area (Å²) in [6, 6.07) is 4.14. The minimum Gasteiger partial charge on any atom is -0.370 e. The number of thiophene rings is 1. The molecule has 0 aliphatic rings. The third kappa shape index (κ3) is 2.82. The molecule has 0 saturated heterocycles. The Morgan fingerprint density at radius 3 is 2.76 bits per heavy atom. The zero-order valence-electron chi connectivity index (χ0n) is 10.4. The van der Waals surface area contributed by atoms with Gasteiger partial charge in [0.25, 0.3) is 0 Å². The standard InChI is InChI=1S/C13H17N3S/c1-4-6-14-13-8-12(15-10(3)16-13)11-5-7-17-9(11)2/h5,7-8H,4,6H2,1-3H3,(H,14,15,16). The van der Waals surface area contributed by atoms with Crippen molar-refractivity contribution < 1.29 is 0 Å². The van der Waals surface area contributed by atoms with E-state index >= 15 is 0 Å². The minimum atomic E-state index is 0.812. The van der Waals surface area contributed by atoms with E-state index in [9.17, 15) is 0 Å². The molecular weight excluding hydrogens is 230 g/mol. The van der Waals surface area contributed by atoms with Crippen LogP contribution in [0.25, 0.3) is 11.3 Å². The second kappa shape index (κ2) is 5.27. The van der Waals surface area contributed by atoms with Crippen molar-refractivity contribution in [2.45, 2.75) is 27.2 Å². The SMILES string of the molecule is CCCNc1cc(-c2ccsc2C)nc(C)n1. The molecule has 0 aromatic carbocycles. The summed E-state index contributed by atoms with van der Waals surface area (Å²) in [5.74, 6) is 1.73. The smallest absolute Gasteiger partial charge is 0.130 e. The summed E-state index contributed by atoms with van der Waals surface area (Å²) in [4.78, 5) is 10.2. The number of hydrogen-bond donors (Lipinski definition) is 1. The molecule has 3 nitrogen and oxygen atoms in total. The molecular formula is C13H17N3S. The van der Waals surface area contributed by atoms with E-state index in [0.717, 1.165) is 30.3 Å². The van der Waals surface area contributed by atoms with Crippen molar-refractivity contribution in [1.82, 2.24) is 9.97 Å². The molecule has 0 fully saturated rings. The number of aryl methyl sites for hydroxylation is 2. The molecule has 1 N–H and O–H groups in total. The van der Waals surface area contributed by atoms with Crippen molar-refractivity contribution >= 4 is 17.2 Å². The summed E-state index contributed by atoms with van der Waals surface area (Å²) >= 11 is 1.75. The largest absolute Gasteiger partial charge is 0.370 e. The summed E-state index contributed by atoms with van der Waals surface area (Å²) < 4.78 is 0. The zero-order valence-corrected chi connectivity index (χ0v) is 11.3. The predicted octanol–water partition coefficient (Wildman–Crippen LogP) is 3.64. The van der Waals surface area contributed by atoms with E-state index in [4.69, 9.17) is 0 Å². The molecule has 0 bridgehead atoms. The van der Waals surface area contributed by atoms with Gasteiger partial charge in [-0.2, -0.15) is 0 Å². The Bertz CT molecular complexity index is 505. The lowest BCUT2D eigenvalue weighted by Crippen LogP contribution is -2.04. The highest BCUT2D eigenvalue weighted by Crippen LogP contribution is 2.27. The fraction of sp³-hybridized carbons (Fsp3) is 0.385. The number of aromatic nitrogens is 2. The molecule has 2 rings (SSSR count). The molecule has 0 amide bonds. The maximum Gasteiger partial charge on any atom is 0.130 e. The Kier molecular flexibility index (Phi) is 3.74. The van der Waals surface area contributed by atoms with Gasteiger partial charge in [0.1, 0.15) is 11.6 Å². The summed E-state index contributed by atoms with van der Waals surface area (Å²) in [5.41, 5.74) is 2.22. The molecule has 2 aromatic rings. The number of rotatable bonds is 4. The van der Waals surface area contributed by atoms with Gasteiger partial charge in [-0.25, -0.2) is 9.97 Å². The molecule has 0 aliphatic heterocycles. The van der Waals surface area contributed by atoms with Crippen LogP contribution in [0, 0.1) is 13.8 Å². The van der Waals surface area contributed by atoms with E-state index in [1.54, 1.807) is 11.3 Å². The van der Waals surface area contributed by atoms with Crippen LogP contribution in [0.3, 0.4) is 0 Å². The lowest BCUT2D eigenvalue weighted by Gasteiger charge is -2.07. The van der Waals surface area contributed by atoms with Crippen molar-refractivity contribution in [2.75, 3.05) is 11.9 Å². The number of nitrogens with one attached hydrogen (secondary N) is 1. The highest BCUT2D eigenvalue weighted by atomic mass is 32.1. The van der Waals surface area contributed by atoms with E-state index in [1.807, 2.05) is 13.0 Å². The van der Waals surface area contributed by atoms with Crippen LogP contribution in [-0.2, 0) is 0 Å². The Labute approximate surface area is 106 Å². The van der Waals surface area contributed by atoms with Crippen LogP contribution in [0.2, 0.25) is 0 Å². The quantitative estimate of drug-likeness (QED) is 0.896. The first kappa shape index (κ1) is 12.0. The maximum absolute atomic E-state index is 4.50. The minimum absolute atomic E-state index is 0.812. The molecule has 0 radical (unpaired) electrons. The Morgan fingerprint density at radius 1 is 1.29 bits per heavy atom. The molecule has 2 heterocycles. The van der Waals surface area contributed by atoms with Gasteiger partial charge in [0.05, 0.1) is 5.69 Å². The molecule has 0 aliphatic carbocycles. The van der Waals surface area contributed by atoms with Crippen molar-refractivity contribution in [2.24, 2.45) is 0 Å². The van der Waals surface area contributed by atoms with Gasteiger partial charge in [-0.1, -0.05) is 6.92 Å². The monoisotopic (exact) mass is 247 g/mol. The van der Waals surface area contributed by atoms with E-state index in [2.05, 4.69) is 40.6 Å². The average Bonchev–Trinajstić information content (AvgIpc) is 2.72. The second-order valence-corrected chi connectivity index (χ2v) is 5.12. The molecule has 4 heteroatoms. The Morgan fingerprint density at radius 2 is 2.12 bits per heavy atom.